The number of hydrogen-bond acceptors (Lipinski definition) is 3. The number of anilines is 1. The Hall–Kier alpha value is -1.22. The van der Waals surface area contributed by atoms with Gasteiger partial charge < -0.3 is 14.8 Å². The number of para-hydroxylation sites is 2. The molecular weight excluding hydrogens is 202 g/mol. The zero-order valence-electron chi connectivity index (χ0n) is 10.2. The lowest BCUT2D eigenvalue weighted by atomic mass is 10.3. The fraction of sp³-hybridized carbons (Fsp3) is 0.538. The molecule has 0 amide bonds. The summed E-state index contributed by atoms with van der Waals surface area (Å²) < 4.78 is 10.9. The maximum atomic E-state index is 5.65. The standard InChI is InChI=1S/C13H21NO2/c1-3-9-14-12-7-5-6-8-13(12)16-11-10-15-4-2/h5-8,14H,3-4,9-11H2,1-2H3. The first-order valence-electron chi connectivity index (χ1n) is 5.92. The summed E-state index contributed by atoms with van der Waals surface area (Å²) in [6.07, 6.45) is 1.10. The van der Waals surface area contributed by atoms with E-state index in [2.05, 4.69) is 12.2 Å². The van der Waals surface area contributed by atoms with Crippen LogP contribution >= 0.6 is 0 Å². The summed E-state index contributed by atoms with van der Waals surface area (Å²) in [6.45, 7) is 7.06. The average Bonchev–Trinajstić information content (AvgIpc) is 2.33. The normalized spacial score (nSPS) is 10.1. The highest BCUT2D eigenvalue weighted by Crippen LogP contribution is 2.23. The Bertz CT molecular complexity index is 289. The van der Waals surface area contributed by atoms with Crippen LogP contribution in [-0.4, -0.2) is 26.4 Å². The largest absolute Gasteiger partial charge is 0.489 e. The van der Waals surface area contributed by atoms with E-state index in [4.69, 9.17) is 9.47 Å². The van der Waals surface area contributed by atoms with Crippen LogP contribution in [0.4, 0.5) is 5.69 Å². The lowest BCUT2D eigenvalue weighted by molar-refractivity contribution is 0.110. The molecule has 0 atom stereocenters. The van der Waals surface area contributed by atoms with Gasteiger partial charge in [0.1, 0.15) is 12.4 Å². The van der Waals surface area contributed by atoms with Crippen LogP contribution < -0.4 is 10.1 Å². The summed E-state index contributed by atoms with van der Waals surface area (Å²) in [5, 5.41) is 3.34. The van der Waals surface area contributed by atoms with Gasteiger partial charge in [0.05, 0.1) is 12.3 Å². The van der Waals surface area contributed by atoms with E-state index < -0.39 is 0 Å². The Labute approximate surface area is 97.8 Å². The summed E-state index contributed by atoms with van der Waals surface area (Å²) in [5.41, 5.74) is 1.06. The molecular formula is C13H21NO2. The van der Waals surface area contributed by atoms with Crippen LogP contribution in [-0.2, 0) is 4.74 Å². The SMILES string of the molecule is CCCNc1ccccc1OCCOCC. The van der Waals surface area contributed by atoms with E-state index in [1.165, 1.54) is 0 Å². The van der Waals surface area contributed by atoms with Gasteiger partial charge in [-0.05, 0) is 25.5 Å². The van der Waals surface area contributed by atoms with Gasteiger partial charge in [-0.2, -0.15) is 0 Å². The molecule has 1 aromatic rings. The highest BCUT2D eigenvalue weighted by atomic mass is 16.5. The van der Waals surface area contributed by atoms with Crippen LogP contribution in [0.25, 0.3) is 0 Å². The highest BCUT2D eigenvalue weighted by molar-refractivity contribution is 5.56. The molecule has 0 saturated heterocycles. The minimum absolute atomic E-state index is 0.596. The highest BCUT2D eigenvalue weighted by Gasteiger charge is 2.00. The lowest BCUT2D eigenvalue weighted by Gasteiger charge is -2.12. The van der Waals surface area contributed by atoms with Gasteiger partial charge in [-0.1, -0.05) is 19.1 Å². The molecule has 0 aliphatic heterocycles. The molecule has 0 aromatic heterocycles. The summed E-state index contributed by atoms with van der Waals surface area (Å²) in [7, 11) is 0. The molecule has 0 saturated carbocycles. The van der Waals surface area contributed by atoms with Crippen molar-refractivity contribution in [3.8, 4) is 5.75 Å². The second-order valence-electron chi connectivity index (χ2n) is 3.47. The van der Waals surface area contributed by atoms with E-state index in [1.54, 1.807) is 0 Å². The van der Waals surface area contributed by atoms with Crippen molar-refractivity contribution in [2.75, 3.05) is 31.7 Å². The third-order valence-corrected chi connectivity index (χ3v) is 2.14. The van der Waals surface area contributed by atoms with Crippen LogP contribution in [0.5, 0.6) is 5.75 Å². The van der Waals surface area contributed by atoms with Crippen molar-refractivity contribution >= 4 is 5.69 Å². The second-order valence-corrected chi connectivity index (χ2v) is 3.47. The van der Waals surface area contributed by atoms with Gasteiger partial charge in [-0.3, -0.25) is 0 Å². The minimum atomic E-state index is 0.596. The zero-order chi connectivity index (χ0) is 11.6. The summed E-state index contributed by atoms with van der Waals surface area (Å²) in [5.74, 6) is 0.899. The van der Waals surface area contributed by atoms with Gasteiger partial charge in [0.25, 0.3) is 0 Å². The molecule has 0 heterocycles. The molecule has 0 fully saturated rings. The van der Waals surface area contributed by atoms with Gasteiger partial charge in [0, 0.05) is 13.2 Å². The predicted molar refractivity (Wildman–Crippen MR) is 67.2 cm³/mol. The van der Waals surface area contributed by atoms with Crippen molar-refractivity contribution in [1.82, 2.24) is 0 Å². The van der Waals surface area contributed by atoms with Crippen molar-refractivity contribution < 1.29 is 9.47 Å². The van der Waals surface area contributed by atoms with Crippen molar-refractivity contribution in [3.63, 3.8) is 0 Å². The molecule has 1 aromatic carbocycles. The van der Waals surface area contributed by atoms with Crippen LogP contribution in [0, 0.1) is 0 Å². The lowest BCUT2D eigenvalue weighted by Crippen LogP contribution is -2.08. The number of hydrogen-bond donors (Lipinski definition) is 1. The van der Waals surface area contributed by atoms with Gasteiger partial charge in [0.15, 0.2) is 0 Å². The van der Waals surface area contributed by atoms with Gasteiger partial charge in [-0.25, -0.2) is 0 Å². The quantitative estimate of drug-likeness (QED) is 0.687. The maximum absolute atomic E-state index is 5.65. The topological polar surface area (TPSA) is 30.5 Å². The summed E-state index contributed by atoms with van der Waals surface area (Å²) in [4.78, 5) is 0. The first-order chi connectivity index (χ1) is 7.88. The molecule has 1 N–H and O–H groups in total. The third kappa shape index (κ3) is 4.53. The first kappa shape index (κ1) is 12.8. The fourth-order valence-electron chi connectivity index (χ4n) is 1.35. The first-order valence-corrected chi connectivity index (χ1v) is 5.92. The Morgan fingerprint density at radius 3 is 2.69 bits per heavy atom. The number of rotatable bonds is 8. The summed E-state index contributed by atoms with van der Waals surface area (Å²) in [6, 6.07) is 8.00. The molecule has 3 nitrogen and oxygen atoms in total. The molecule has 1 rings (SSSR count). The molecule has 16 heavy (non-hydrogen) atoms. The van der Waals surface area contributed by atoms with Crippen molar-refractivity contribution in [2.24, 2.45) is 0 Å². The van der Waals surface area contributed by atoms with Crippen molar-refractivity contribution in [1.29, 1.82) is 0 Å². The molecule has 0 radical (unpaired) electrons. The van der Waals surface area contributed by atoms with E-state index >= 15 is 0 Å². The Morgan fingerprint density at radius 1 is 1.12 bits per heavy atom. The molecule has 3 heteroatoms. The van der Waals surface area contributed by atoms with Crippen LogP contribution in [0.1, 0.15) is 20.3 Å². The number of ether oxygens (including phenoxy) is 2. The summed E-state index contributed by atoms with van der Waals surface area (Å²) >= 11 is 0. The Balaban J connectivity index is 2.43. The number of nitrogens with one attached hydrogen (secondary N) is 1. The predicted octanol–water partition coefficient (Wildman–Crippen LogP) is 2.92. The van der Waals surface area contributed by atoms with E-state index in [0.717, 1.165) is 31.0 Å². The van der Waals surface area contributed by atoms with Crippen LogP contribution in [0.3, 0.4) is 0 Å². The molecule has 90 valence electrons. The second kappa shape index (κ2) is 7.99. The third-order valence-electron chi connectivity index (χ3n) is 2.14. The van der Waals surface area contributed by atoms with Crippen molar-refractivity contribution in [2.45, 2.75) is 20.3 Å². The van der Waals surface area contributed by atoms with Crippen LogP contribution in [0.2, 0.25) is 0 Å². The van der Waals surface area contributed by atoms with Gasteiger partial charge in [0.2, 0.25) is 0 Å². The molecule has 0 bridgehead atoms. The molecule has 0 spiro atoms. The van der Waals surface area contributed by atoms with Gasteiger partial charge in [-0.15, -0.1) is 0 Å². The Kier molecular flexibility index (Phi) is 6.42. The van der Waals surface area contributed by atoms with E-state index in [1.807, 2.05) is 31.2 Å². The monoisotopic (exact) mass is 223 g/mol. The number of benzene rings is 1. The average molecular weight is 223 g/mol. The smallest absolute Gasteiger partial charge is 0.142 e. The zero-order valence-corrected chi connectivity index (χ0v) is 10.2. The van der Waals surface area contributed by atoms with Gasteiger partial charge >= 0.3 is 0 Å². The van der Waals surface area contributed by atoms with Crippen molar-refractivity contribution in [3.05, 3.63) is 24.3 Å². The maximum Gasteiger partial charge on any atom is 0.142 e. The Morgan fingerprint density at radius 2 is 1.94 bits per heavy atom. The minimum Gasteiger partial charge on any atom is -0.489 e. The van der Waals surface area contributed by atoms with E-state index in [0.29, 0.717) is 13.2 Å². The molecule has 0 aliphatic carbocycles. The molecule has 0 unspecified atom stereocenters. The van der Waals surface area contributed by atoms with Crippen LogP contribution in [0.15, 0.2) is 24.3 Å². The fourth-order valence-corrected chi connectivity index (χ4v) is 1.35. The molecule has 0 aliphatic rings. The van der Waals surface area contributed by atoms with E-state index in [-0.39, 0.29) is 0 Å². The van der Waals surface area contributed by atoms with E-state index in [9.17, 15) is 0 Å².